The van der Waals surface area contributed by atoms with E-state index >= 15 is 0 Å². The van der Waals surface area contributed by atoms with Crippen molar-refractivity contribution in [1.82, 2.24) is 4.90 Å². The molecule has 1 fully saturated rings. The van der Waals surface area contributed by atoms with Gasteiger partial charge in [-0.2, -0.15) is 0 Å². The number of carbonyl (C=O) groups is 4. The fourth-order valence-electron chi connectivity index (χ4n) is 2.66. The number of carboxylic acids is 1. The number of amides is 3. The first kappa shape index (κ1) is 15.9. The van der Waals surface area contributed by atoms with E-state index in [1.165, 1.54) is 0 Å². The Morgan fingerprint density at radius 1 is 1.05 bits per heavy atom. The number of rotatable bonds is 6. The minimum absolute atomic E-state index is 0.0917. The minimum Gasteiger partial charge on any atom is -0.481 e. The van der Waals surface area contributed by atoms with Crippen molar-refractivity contribution in [2.45, 2.75) is 19.8 Å². The third-order valence-electron chi connectivity index (χ3n) is 3.44. The van der Waals surface area contributed by atoms with Gasteiger partial charge in [0.1, 0.15) is 0 Å². The van der Waals surface area contributed by atoms with Gasteiger partial charge in [-0.15, -0.1) is 0 Å². The van der Waals surface area contributed by atoms with Crippen LogP contribution in [0.3, 0.4) is 0 Å². The molecule has 0 aromatic carbocycles. The predicted octanol–water partition coefficient (Wildman–Crippen LogP) is -1.47. The molecule has 3 atom stereocenters. The molecule has 0 aliphatic heterocycles. The number of primary amides is 2. The molecule has 0 spiro atoms. The van der Waals surface area contributed by atoms with Crippen LogP contribution in [0.2, 0.25) is 0 Å². The second-order valence-corrected chi connectivity index (χ2v) is 5.25. The number of carbonyl (C=O) groups excluding carboxylic acids is 3. The van der Waals surface area contributed by atoms with E-state index in [9.17, 15) is 19.2 Å². The zero-order valence-electron chi connectivity index (χ0n) is 11.2. The lowest BCUT2D eigenvalue weighted by molar-refractivity contribution is -0.150. The molecule has 1 aliphatic rings. The molecule has 3 amide bonds. The number of carboxylic acid groups (broad SMARTS) is 1. The van der Waals surface area contributed by atoms with E-state index in [-0.39, 0.29) is 5.92 Å². The van der Waals surface area contributed by atoms with Gasteiger partial charge in [0.25, 0.3) is 0 Å². The summed E-state index contributed by atoms with van der Waals surface area (Å²) in [6.07, 6.45) is 0.802. The second kappa shape index (κ2) is 6.36. The summed E-state index contributed by atoms with van der Waals surface area (Å²) >= 11 is 0. The summed E-state index contributed by atoms with van der Waals surface area (Å²) < 4.78 is 0. The molecule has 0 aromatic heterocycles. The van der Waals surface area contributed by atoms with Crippen LogP contribution in [0.5, 0.6) is 0 Å². The SMILES string of the molecule is CC1CC(C(=O)O)C(C(=O)N(CC(N)=O)CC(N)=O)C1. The third kappa shape index (κ3) is 3.94. The molecular weight excluding hydrogens is 266 g/mol. The van der Waals surface area contributed by atoms with Gasteiger partial charge in [0.05, 0.1) is 24.9 Å². The largest absolute Gasteiger partial charge is 0.481 e. The molecule has 1 rings (SSSR count). The fourth-order valence-corrected chi connectivity index (χ4v) is 2.66. The van der Waals surface area contributed by atoms with Gasteiger partial charge in [0, 0.05) is 0 Å². The molecule has 8 heteroatoms. The maximum absolute atomic E-state index is 12.3. The first-order valence-electron chi connectivity index (χ1n) is 6.30. The molecule has 8 nitrogen and oxygen atoms in total. The van der Waals surface area contributed by atoms with Crippen LogP contribution in [0.1, 0.15) is 19.8 Å². The van der Waals surface area contributed by atoms with Gasteiger partial charge in [-0.3, -0.25) is 19.2 Å². The van der Waals surface area contributed by atoms with Crippen molar-refractivity contribution in [3.8, 4) is 0 Å². The Labute approximate surface area is 116 Å². The first-order chi connectivity index (χ1) is 9.22. The molecule has 3 unspecified atom stereocenters. The molecule has 0 radical (unpaired) electrons. The van der Waals surface area contributed by atoms with Crippen molar-refractivity contribution < 1.29 is 24.3 Å². The Morgan fingerprint density at radius 2 is 1.50 bits per heavy atom. The normalized spacial score (nSPS) is 25.1. The van der Waals surface area contributed by atoms with Crippen LogP contribution in [-0.2, 0) is 19.2 Å². The summed E-state index contributed by atoms with van der Waals surface area (Å²) in [6.45, 7) is 0.966. The zero-order chi connectivity index (χ0) is 15.4. The smallest absolute Gasteiger partial charge is 0.307 e. The van der Waals surface area contributed by atoms with Crippen LogP contribution in [0, 0.1) is 17.8 Å². The predicted molar refractivity (Wildman–Crippen MR) is 68.0 cm³/mol. The molecule has 1 aliphatic carbocycles. The van der Waals surface area contributed by atoms with E-state index in [0.29, 0.717) is 12.8 Å². The van der Waals surface area contributed by atoms with Crippen LogP contribution in [0.15, 0.2) is 0 Å². The minimum atomic E-state index is -1.05. The van der Waals surface area contributed by atoms with Gasteiger partial charge in [-0.05, 0) is 18.8 Å². The topological polar surface area (TPSA) is 144 Å². The molecule has 20 heavy (non-hydrogen) atoms. The van der Waals surface area contributed by atoms with Crippen molar-refractivity contribution in [3.63, 3.8) is 0 Å². The lowest BCUT2D eigenvalue weighted by atomic mass is 9.94. The average Bonchev–Trinajstić information content (AvgIpc) is 2.68. The summed E-state index contributed by atoms with van der Waals surface area (Å²) in [7, 11) is 0. The van der Waals surface area contributed by atoms with E-state index in [4.69, 9.17) is 16.6 Å². The summed E-state index contributed by atoms with van der Waals surface area (Å²) in [4.78, 5) is 46.3. The van der Waals surface area contributed by atoms with Crippen LogP contribution >= 0.6 is 0 Å². The van der Waals surface area contributed by atoms with Gasteiger partial charge in [-0.1, -0.05) is 6.92 Å². The molecule has 0 saturated heterocycles. The highest BCUT2D eigenvalue weighted by Crippen LogP contribution is 2.37. The van der Waals surface area contributed by atoms with Crippen LogP contribution in [-0.4, -0.2) is 46.8 Å². The molecule has 5 N–H and O–H groups in total. The Hall–Kier alpha value is -2.12. The maximum atomic E-state index is 12.3. The van der Waals surface area contributed by atoms with Crippen molar-refractivity contribution >= 4 is 23.7 Å². The first-order valence-corrected chi connectivity index (χ1v) is 6.30. The second-order valence-electron chi connectivity index (χ2n) is 5.25. The van der Waals surface area contributed by atoms with E-state index < -0.39 is 48.6 Å². The van der Waals surface area contributed by atoms with Crippen molar-refractivity contribution in [2.24, 2.45) is 29.2 Å². The molecule has 0 aromatic rings. The molecule has 112 valence electrons. The van der Waals surface area contributed by atoms with Gasteiger partial charge < -0.3 is 21.5 Å². The van der Waals surface area contributed by atoms with E-state index in [1.54, 1.807) is 0 Å². The molecule has 1 saturated carbocycles. The van der Waals surface area contributed by atoms with Gasteiger partial charge in [0.15, 0.2) is 0 Å². The highest BCUT2D eigenvalue weighted by atomic mass is 16.4. The van der Waals surface area contributed by atoms with Crippen molar-refractivity contribution in [3.05, 3.63) is 0 Å². The molecule has 0 heterocycles. The highest BCUT2D eigenvalue weighted by molar-refractivity contribution is 5.91. The Bertz CT molecular complexity index is 421. The zero-order valence-corrected chi connectivity index (χ0v) is 11.2. The average molecular weight is 285 g/mol. The quantitative estimate of drug-likeness (QED) is 0.546. The van der Waals surface area contributed by atoms with Crippen molar-refractivity contribution in [1.29, 1.82) is 0 Å². The molecular formula is C12H19N3O5. The Morgan fingerprint density at radius 3 is 1.90 bits per heavy atom. The summed E-state index contributed by atoms with van der Waals surface area (Å²) in [6, 6.07) is 0. The number of nitrogens with two attached hydrogens (primary N) is 2. The summed E-state index contributed by atoms with van der Waals surface area (Å²) in [5.41, 5.74) is 10.1. The summed E-state index contributed by atoms with van der Waals surface area (Å²) in [5, 5.41) is 9.14. The third-order valence-corrected chi connectivity index (χ3v) is 3.44. The van der Waals surface area contributed by atoms with E-state index in [1.807, 2.05) is 6.92 Å². The monoisotopic (exact) mass is 285 g/mol. The Balaban J connectivity index is 2.89. The van der Waals surface area contributed by atoms with Crippen LogP contribution in [0.25, 0.3) is 0 Å². The fraction of sp³-hybridized carbons (Fsp3) is 0.667. The van der Waals surface area contributed by atoms with Gasteiger partial charge >= 0.3 is 5.97 Å². The maximum Gasteiger partial charge on any atom is 0.307 e. The highest BCUT2D eigenvalue weighted by Gasteiger charge is 2.43. The lowest BCUT2D eigenvalue weighted by Crippen LogP contribution is -2.47. The molecule has 0 bridgehead atoms. The number of nitrogens with zero attached hydrogens (tertiary/aromatic N) is 1. The van der Waals surface area contributed by atoms with Crippen LogP contribution in [0.4, 0.5) is 0 Å². The van der Waals surface area contributed by atoms with E-state index in [0.717, 1.165) is 4.90 Å². The van der Waals surface area contributed by atoms with E-state index in [2.05, 4.69) is 0 Å². The summed E-state index contributed by atoms with van der Waals surface area (Å²) in [5.74, 6) is -4.63. The Kier molecular flexibility index (Phi) is 5.06. The number of aliphatic carboxylic acids is 1. The standard InChI is InChI=1S/C12H19N3O5/c1-6-2-7(8(3-6)12(19)20)11(18)15(4-9(13)16)5-10(14)17/h6-8H,2-5H2,1H3,(H2,13,16)(H2,14,17)(H,19,20). The van der Waals surface area contributed by atoms with Gasteiger partial charge in [-0.25, -0.2) is 0 Å². The van der Waals surface area contributed by atoms with Gasteiger partial charge in [0.2, 0.25) is 17.7 Å². The number of hydrogen-bond donors (Lipinski definition) is 3. The lowest BCUT2D eigenvalue weighted by Gasteiger charge is -2.25. The van der Waals surface area contributed by atoms with Crippen molar-refractivity contribution in [2.75, 3.05) is 13.1 Å². The van der Waals surface area contributed by atoms with Crippen LogP contribution < -0.4 is 11.5 Å². The number of hydrogen-bond acceptors (Lipinski definition) is 4.